The van der Waals surface area contributed by atoms with Crippen molar-refractivity contribution in [2.24, 2.45) is 5.92 Å². The highest BCUT2D eigenvalue weighted by Crippen LogP contribution is 2.26. The molecule has 0 saturated heterocycles. The van der Waals surface area contributed by atoms with Gasteiger partial charge in [-0.2, -0.15) is 0 Å². The summed E-state index contributed by atoms with van der Waals surface area (Å²) >= 11 is 0. The maximum atomic E-state index is 5.37. The van der Waals surface area contributed by atoms with Crippen molar-refractivity contribution < 1.29 is 0 Å². The van der Waals surface area contributed by atoms with Gasteiger partial charge in [-0.15, -0.1) is 12.3 Å². The molecule has 2 atom stereocenters. The summed E-state index contributed by atoms with van der Waals surface area (Å²) in [6.07, 6.45) is 13.0. The van der Waals surface area contributed by atoms with E-state index in [9.17, 15) is 0 Å². The van der Waals surface area contributed by atoms with Gasteiger partial charge in [0.2, 0.25) is 0 Å². The van der Waals surface area contributed by atoms with Crippen LogP contribution in [0.4, 0.5) is 0 Å². The molecule has 0 bridgehead atoms. The molecule has 1 nitrogen and oxygen atoms in total. The maximum absolute atomic E-state index is 5.37. The molecular formula is C12H21N. The number of hydrogen-bond donors (Lipinski definition) is 1. The highest BCUT2D eigenvalue weighted by Gasteiger charge is 2.23. The van der Waals surface area contributed by atoms with Crippen molar-refractivity contribution >= 4 is 0 Å². The van der Waals surface area contributed by atoms with Crippen LogP contribution in [0.15, 0.2) is 0 Å². The Hall–Kier alpha value is -0.480. The summed E-state index contributed by atoms with van der Waals surface area (Å²) in [5.41, 5.74) is 0. The molecule has 1 aliphatic carbocycles. The zero-order valence-electron chi connectivity index (χ0n) is 8.68. The van der Waals surface area contributed by atoms with Crippen molar-refractivity contribution in [3.63, 3.8) is 0 Å². The topological polar surface area (TPSA) is 12.0 Å². The normalized spacial score (nSPS) is 28.3. The summed E-state index contributed by atoms with van der Waals surface area (Å²) in [6.45, 7) is 3.36. The predicted octanol–water partition coefficient (Wildman–Crippen LogP) is 2.57. The molecule has 0 amide bonds. The third-order valence-electron chi connectivity index (χ3n) is 2.95. The summed E-state index contributed by atoms with van der Waals surface area (Å²) in [4.78, 5) is 0. The molecule has 1 N–H and O–H groups in total. The molecule has 1 saturated carbocycles. The first-order valence-electron chi connectivity index (χ1n) is 5.55. The SMILES string of the molecule is C#CCC1CCCCC1NCCC. The summed E-state index contributed by atoms with van der Waals surface area (Å²) < 4.78 is 0. The standard InChI is InChI=1S/C12H21N/c1-3-7-11-8-5-6-9-12(11)13-10-4-2/h1,11-13H,4-10H2,2H3. The number of terminal acetylenes is 1. The first kappa shape index (κ1) is 10.6. The van der Waals surface area contributed by atoms with Gasteiger partial charge in [-0.05, 0) is 31.7 Å². The Bertz CT molecular complexity index is 168. The Morgan fingerprint density at radius 1 is 1.38 bits per heavy atom. The molecule has 0 aromatic carbocycles. The lowest BCUT2D eigenvalue weighted by atomic mass is 9.82. The maximum Gasteiger partial charge on any atom is 0.0129 e. The average Bonchev–Trinajstić information content (AvgIpc) is 2.17. The second-order valence-electron chi connectivity index (χ2n) is 4.01. The van der Waals surface area contributed by atoms with Crippen molar-refractivity contribution in [3.05, 3.63) is 0 Å². The first-order chi connectivity index (χ1) is 6.38. The van der Waals surface area contributed by atoms with Crippen LogP contribution in [0, 0.1) is 18.3 Å². The Kier molecular flexibility index (Phi) is 4.93. The molecule has 1 rings (SSSR count). The molecule has 0 spiro atoms. The van der Waals surface area contributed by atoms with Gasteiger partial charge in [-0.25, -0.2) is 0 Å². The summed E-state index contributed by atoms with van der Waals surface area (Å²) in [5.74, 6) is 3.54. The molecule has 1 heteroatoms. The smallest absolute Gasteiger partial charge is 0.0129 e. The van der Waals surface area contributed by atoms with Crippen molar-refractivity contribution in [3.8, 4) is 12.3 Å². The third-order valence-corrected chi connectivity index (χ3v) is 2.95. The third kappa shape index (κ3) is 3.40. The largest absolute Gasteiger partial charge is 0.314 e. The quantitative estimate of drug-likeness (QED) is 0.654. The fourth-order valence-corrected chi connectivity index (χ4v) is 2.20. The van der Waals surface area contributed by atoms with E-state index in [1.54, 1.807) is 0 Å². The lowest BCUT2D eigenvalue weighted by molar-refractivity contribution is 0.267. The van der Waals surface area contributed by atoms with Crippen LogP contribution in [0.1, 0.15) is 45.4 Å². The summed E-state index contributed by atoms with van der Waals surface area (Å²) in [7, 11) is 0. The Balaban J connectivity index is 2.33. The first-order valence-corrected chi connectivity index (χ1v) is 5.55. The van der Waals surface area contributed by atoms with E-state index in [1.165, 1.54) is 32.1 Å². The molecule has 13 heavy (non-hydrogen) atoms. The molecule has 2 unspecified atom stereocenters. The van der Waals surface area contributed by atoms with Crippen molar-refractivity contribution in [2.45, 2.75) is 51.5 Å². The molecule has 1 aliphatic rings. The minimum Gasteiger partial charge on any atom is -0.314 e. The van der Waals surface area contributed by atoms with E-state index in [0.29, 0.717) is 6.04 Å². The molecule has 74 valence electrons. The average molecular weight is 179 g/mol. The lowest BCUT2D eigenvalue weighted by Gasteiger charge is -2.31. The van der Waals surface area contributed by atoms with Crippen molar-refractivity contribution in [1.29, 1.82) is 0 Å². The van der Waals surface area contributed by atoms with Gasteiger partial charge in [0, 0.05) is 12.5 Å². The van der Waals surface area contributed by atoms with Gasteiger partial charge in [0.15, 0.2) is 0 Å². The van der Waals surface area contributed by atoms with E-state index in [4.69, 9.17) is 6.42 Å². The highest BCUT2D eigenvalue weighted by atomic mass is 14.9. The van der Waals surface area contributed by atoms with Gasteiger partial charge in [0.1, 0.15) is 0 Å². The number of hydrogen-bond acceptors (Lipinski definition) is 1. The second-order valence-corrected chi connectivity index (χ2v) is 4.01. The van der Waals surface area contributed by atoms with Gasteiger partial charge in [0.05, 0.1) is 0 Å². The minimum atomic E-state index is 0.699. The molecule has 0 aliphatic heterocycles. The molecule has 0 radical (unpaired) electrons. The van der Waals surface area contributed by atoms with E-state index < -0.39 is 0 Å². The molecule has 0 aromatic rings. The second kappa shape index (κ2) is 6.05. The van der Waals surface area contributed by atoms with E-state index >= 15 is 0 Å². The van der Waals surface area contributed by atoms with Gasteiger partial charge in [0.25, 0.3) is 0 Å². The van der Waals surface area contributed by atoms with Crippen LogP contribution in [0.3, 0.4) is 0 Å². The van der Waals surface area contributed by atoms with Gasteiger partial charge in [-0.3, -0.25) is 0 Å². The zero-order chi connectivity index (χ0) is 9.52. The van der Waals surface area contributed by atoms with Gasteiger partial charge < -0.3 is 5.32 Å². The molecular weight excluding hydrogens is 158 g/mol. The summed E-state index contributed by atoms with van der Waals surface area (Å²) in [5, 5.41) is 3.61. The number of rotatable bonds is 4. The van der Waals surface area contributed by atoms with Crippen LogP contribution in [-0.4, -0.2) is 12.6 Å². The van der Waals surface area contributed by atoms with E-state index in [1.807, 2.05) is 0 Å². The monoisotopic (exact) mass is 179 g/mol. The lowest BCUT2D eigenvalue weighted by Crippen LogP contribution is -2.38. The van der Waals surface area contributed by atoms with Crippen molar-refractivity contribution in [1.82, 2.24) is 5.32 Å². The number of nitrogens with one attached hydrogen (secondary N) is 1. The molecule has 0 aromatic heterocycles. The van der Waals surface area contributed by atoms with Crippen LogP contribution in [0.2, 0.25) is 0 Å². The fourth-order valence-electron chi connectivity index (χ4n) is 2.20. The van der Waals surface area contributed by atoms with Gasteiger partial charge in [-0.1, -0.05) is 19.8 Å². The van der Waals surface area contributed by atoms with Gasteiger partial charge >= 0.3 is 0 Å². The van der Waals surface area contributed by atoms with Crippen LogP contribution < -0.4 is 5.32 Å². The zero-order valence-corrected chi connectivity index (χ0v) is 8.68. The molecule has 0 heterocycles. The van der Waals surface area contributed by atoms with Crippen LogP contribution in [0.5, 0.6) is 0 Å². The Morgan fingerprint density at radius 2 is 2.15 bits per heavy atom. The van der Waals surface area contributed by atoms with E-state index in [2.05, 4.69) is 18.2 Å². The van der Waals surface area contributed by atoms with Crippen LogP contribution >= 0.6 is 0 Å². The molecule has 1 fully saturated rings. The van der Waals surface area contributed by atoms with E-state index in [-0.39, 0.29) is 0 Å². The van der Waals surface area contributed by atoms with E-state index in [0.717, 1.165) is 18.9 Å². The van der Waals surface area contributed by atoms with Crippen molar-refractivity contribution in [2.75, 3.05) is 6.54 Å². The van der Waals surface area contributed by atoms with Crippen LogP contribution in [0.25, 0.3) is 0 Å². The fraction of sp³-hybridized carbons (Fsp3) is 0.833. The van der Waals surface area contributed by atoms with Crippen LogP contribution in [-0.2, 0) is 0 Å². The minimum absolute atomic E-state index is 0.699. The summed E-state index contributed by atoms with van der Waals surface area (Å²) in [6, 6.07) is 0.699. The Labute approximate surface area is 82.3 Å². The highest BCUT2D eigenvalue weighted by molar-refractivity contribution is 4.92. The Morgan fingerprint density at radius 3 is 2.85 bits per heavy atom. The predicted molar refractivity (Wildman–Crippen MR) is 57.5 cm³/mol.